The Morgan fingerprint density at radius 2 is 1.71 bits per heavy atom. The second-order valence-corrected chi connectivity index (χ2v) is 6.50. The molecule has 6 heteroatoms. The van der Waals surface area contributed by atoms with Crippen LogP contribution < -0.4 is 5.32 Å². The number of amides is 3. The number of rotatable bonds is 4. The molecule has 1 atom stereocenters. The molecule has 3 rings (SSSR count). The van der Waals surface area contributed by atoms with E-state index in [1.807, 2.05) is 31.2 Å². The van der Waals surface area contributed by atoms with E-state index < -0.39 is 11.8 Å². The van der Waals surface area contributed by atoms with E-state index >= 15 is 0 Å². The molecule has 0 aliphatic carbocycles. The Labute approximate surface area is 147 Å². The van der Waals surface area contributed by atoms with Crippen LogP contribution in [0.1, 0.15) is 39.2 Å². The molecule has 0 fully saturated rings. The third kappa shape index (κ3) is 3.10. The molecule has 1 aliphatic heterocycles. The van der Waals surface area contributed by atoms with Crippen molar-refractivity contribution in [3.05, 3.63) is 69.7 Å². The first-order chi connectivity index (χ1) is 11.5. The van der Waals surface area contributed by atoms with Gasteiger partial charge in [-0.15, -0.1) is 0 Å². The zero-order valence-electron chi connectivity index (χ0n) is 13.0. The SMILES string of the molecule is CC(NC(=O)CN1C(=O)c2ccccc2C1=O)c1cccc(Br)c1. The van der Waals surface area contributed by atoms with Crippen LogP contribution in [0.3, 0.4) is 0 Å². The van der Waals surface area contributed by atoms with Crippen molar-refractivity contribution >= 4 is 33.7 Å². The van der Waals surface area contributed by atoms with Crippen LogP contribution in [0.4, 0.5) is 0 Å². The highest BCUT2D eigenvalue weighted by Gasteiger charge is 2.36. The maximum Gasteiger partial charge on any atom is 0.262 e. The van der Waals surface area contributed by atoms with Crippen molar-refractivity contribution in [1.82, 2.24) is 10.2 Å². The average Bonchev–Trinajstić information content (AvgIpc) is 2.80. The highest BCUT2D eigenvalue weighted by atomic mass is 79.9. The molecule has 1 aliphatic rings. The number of imide groups is 1. The summed E-state index contributed by atoms with van der Waals surface area (Å²) in [5.41, 5.74) is 1.62. The highest BCUT2D eigenvalue weighted by Crippen LogP contribution is 2.22. The van der Waals surface area contributed by atoms with Crippen LogP contribution in [-0.4, -0.2) is 29.2 Å². The Hall–Kier alpha value is -2.47. The summed E-state index contributed by atoms with van der Waals surface area (Å²) >= 11 is 3.39. The second kappa shape index (κ2) is 6.57. The van der Waals surface area contributed by atoms with Gasteiger partial charge in [-0.05, 0) is 36.8 Å². The van der Waals surface area contributed by atoms with Crippen LogP contribution in [0, 0.1) is 0 Å². The summed E-state index contributed by atoms with van der Waals surface area (Å²) in [5.74, 6) is -1.24. The fraction of sp³-hybridized carbons (Fsp3) is 0.167. The molecule has 0 aromatic heterocycles. The monoisotopic (exact) mass is 386 g/mol. The maximum atomic E-state index is 12.3. The van der Waals surface area contributed by atoms with Gasteiger partial charge in [0.15, 0.2) is 0 Å². The van der Waals surface area contributed by atoms with E-state index in [2.05, 4.69) is 21.2 Å². The van der Waals surface area contributed by atoms with Gasteiger partial charge in [-0.1, -0.05) is 40.2 Å². The minimum absolute atomic E-state index is 0.231. The molecule has 1 heterocycles. The summed E-state index contributed by atoms with van der Waals surface area (Å²) in [7, 11) is 0. The van der Waals surface area contributed by atoms with Crippen LogP contribution in [0.15, 0.2) is 53.0 Å². The average molecular weight is 387 g/mol. The van der Waals surface area contributed by atoms with E-state index in [0.717, 1.165) is 14.9 Å². The molecule has 5 nitrogen and oxygen atoms in total. The Morgan fingerprint density at radius 3 is 2.29 bits per heavy atom. The molecular weight excluding hydrogens is 372 g/mol. The topological polar surface area (TPSA) is 66.5 Å². The van der Waals surface area contributed by atoms with E-state index in [-0.39, 0.29) is 18.5 Å². The third-order valence-electron chi connectivity index (χ3n) is 3.91. The molecule has 24 heavy (non-hydrogen) atoms. The van der Waals surface area contributed by atoms with Gasteiger partial charge in [0.25, 0.3) is 11.8 Å². The lowest BCUT2D eigenvalue weighted by atomic mass is 10.1. The molecular formula is C18H15BrN2O3. The normalized spacial score (nSPS) is 14.5. The predicted octanol–water partition coefficient (Wildman–Crippen LogP) is 2.92. The fourth-order valence-electron chi connectivity index (χ4n) is 2.67. The quantitative estimate of drug-likeness (QED) is 0.821. The van der Waals surface area contributed by atoms with Crippen molar-refractivity contribution in [1.29, 1.82) is 0 Å². The standard InChI is InChI=1S/C18H15BrN2O3/c1-11(12-5-4-6-13(19)9-12)20-16(22)10-21-17(23)14-7-2-3-8-15(14)18(21)24/h2-9,11H,10H2,1H3,(H,20,22). The first-order valence-corrected chi connectivity index (χ1v) is 8.26. The molecule has 0 saturated carbocycles. The number of carbonyl (C=O) groups is 3. The number of halogens is 1. The van der Waals surface area contributed by atoms with E-state index in [4.69, 9.17) is 0 Å². The zero-order chi connectivity index (χ0) is 17.3. The first-order valence-electron chi connectivity index (χ1n) is 7.47. The lowest BCUT2D eigenvalue weighted by Crippen LogP contribution is -2.41. The summed E-state index contributed by atoms with van der Waals surface area (Å²) in [4.78, 5) is 37.7. The number of benzene rings is 2. The minimum Gasteiger partial charge on any atom is -0.348 e. The molecule has 0 radical (unpaired) electrons. The van der Waals surface area contributed by atoms with Crippen LogP contribution in [0.5, 0.6) is 0 Å². The fourth-order valence-corrected chi connectivity index (χ4v) is 3.09. The molecule has 0 bridgehead atoms. The van der Waals surface area contributed by atoms with Gasteiger partial charge in [-0.25, -0.2) is 0 Å². The number of hydrogen-bond donors (Lipinski definition) is 1. The van der Waals surface area contributed by atoms with Gasteiger partial charge in [0, 0.05) is 4.47 Å². The van der Waals surface area contributed by atoms with Crippen LogP contribution in [-0.2, 0) is 4.79 Å². The van der Waals surface area contributed by atoms with Gasteiger partial charge >= 0.3 is 0 Å². The number of nitrogens with zero attached hydrogens (tertiary/aromatic N) is 1. The molecule has 1 N–H and O–H groups in total. The molecule has 2 aromatic carbocycles. The molecule has 2 aromatic rings. The molecule has 3 amide bonds. The van der Waals surface area contributed by atoms with Gasteiger partial charge in [0.2, 0.25) is 5.91 Å². The second-order valence-electron chi connectivity index (χ2n) is 5.59. The third-order valence-corrected chi connectivity index (χ3v) is 4.40. The van der Waals surface area contributed by atoms with Gasteiger partial charge in [-0.2, -0.15) is 0 Å². The van der Waals surface area contributed by atoms with Crippen molar-refractivity contribution in [3.8, 4) is 0 Å². The molecule has 0 saturated heterocycles. The van der Waals surface area contributed by atoms with Crippen molar-refractivity contribution in [3.63, 3.8) is 0 Å². The van der Waals surface area contributed by atoms with Crippen LogP contribution in [0.2, 0.25) is 0 Å². The highest BCUT2D eigenvalue weighted by molar-refractivity contribution is 9.10. The van der Waals surface area contributed by atoms with E-state index in [9.17, 15) is 14.4 Å². The number of nitrogens with one attached hydrogen (secondary N) is 1. The smallest absolute Gasteiger partial charge is 0.262 e. The van der Waals surface area contributed by atoms with E-state index in [0.29, 0.717) is 11.1 Å². The summed E-state index contributed by atoms with van der Waals surface area (Å²) in [6.45, 7) is 1.56. The van der Waals surface area contributed by atoms with Crippen molar-refractivity contribution < 1.29 is 14.4 Å². The number of carbonyl (C=O) groups excluding carboxylic acids is 3. The Kier molecular flexibility index (Phi) is 4.49. The summed E-state index contributed by atoms with van der Waals surface area (Å²) in [5, 5.41) is 2.81. The van der Waals surface area contributed by atoms with E-state index in [1.54, 1.807) is 24.3 Å². The zero-order valence-corrected chi connectivity index (χ0v) is 14.5. The largest absolute Gasteiger partial charge is 0.348 e. The first kappa shape index (κ1) is 16.4. The van der Waals surface area contributed by atoms with Gasteiger partial charge in [-0.3, -0.25) is 19.3 Å². The molecule has 0 spiro atoms. The Bertz CT molecular complexity index is 800. The van der Waals surface area contributed by atoms with Crippen LogP contribution >= 0.6 is 15.9 Å². The van der Waals surface area contributed by atoms with E-state index in [1.165, 1.54) is 0 Å². The van der Waals surface area contributed by atoms with Gasteiger partial charge in [0.05, 0.1) is 17.2 Å². The number of fused-ring (bicyclic) bond motifs is 1. The molecule has 1 unspecified atom stereocenters. The summed E-state index contributed by atoms with van der Waals surface area (Å²) in [6.07, 6.45) is 0. The Morgan fingerprint density at radius 1 is 1.08 bits per heavy atom. The Balaban J connectivity index is 1.68. The lowest BCUT2D eigenvalue weighted by Gasteiger charge is -2.18. The lowest BCUT2D eigenvalue weighted by molar-refractivity contribution is -0.122. The van der Waals surface area contributed by atoms with Gasteiger partial charge in [0.1, 0.15) is 6.54 Å². The van der Waals surface area contributed by atoms with Crippen LogP contribution in [0.25, 0.3) is 0 Å². The summed E-state index contributed by atoms with van der Waals surface area (Å²) < 4.78 is 0.918. The van der Waals surface area contributed by atoms with Crippen molar-refractivity contribution in [2.24, 2.45) is 0 Å². The number of hydrogen-bond acceptors (Lipinski definition) is 3. The van der Waals surface area contributed by atoms with Gasteiger partial charge < -0.3 is 5.32 Å². The van der Waals surface area contributed by atoms with Crippen molar-refractivity contribution in [2.75, 3.05) is 6.54 Å². The summed E-state index contributed by atoms with van der Waals surface area (Å²) in [6, 6.07) is 13.9. The van der Waals surface area contributed by atoms with Crippen molar-refractivity contribution in [2.45, 2.75) is 13.0 Å². The predicted molar refractivity (Wildman–Crippen MR) is 92.5 cm³/mol. The molecule has 122 valence electrons. The maximum absolute atomic E-state index is 12.3. The minimum atomic E-state index is -0.430.